The normalized spacial score (nSPS) is 14.9. The molecule has 1 aliphatic heterocycles. The largest absolute Gasteiger partial charge is 0.343 e. The Morgan fingerprint density at radius 1 is 1.35 bits per heavy atom. The average molecular weight is 383 g/mol. The first-order valence-electron chi connectivity index (χ1n) is 8.57. The summed E-state index contributed by atoms with van der Waals surface area (Å²) in [6.45, 7) is 2.08. The van der Waals surface area contributed by atoms with Crippen molar-refractivity contribution in [2.75, 3.05) is 33.2 Å². The van der Waals surface area contributed by atoms with Gasteiger partial charge in [-0.2, -0.15) is 0 Å². The van der Waals surface area contributed by atoms with Crippen molar-refractivity contribution in [2.24, 2.45) is 5.92 Å². The molecule has 142 valence electrons. The van der Waals surface area contributed by atoms with Crippen LogP contribution in [0.25, 0.3) is 0 Å². The van der Waals surface area contributed by atoms with Gasteiger partial charge in [0.15, 0.2) is 0 Å². The van der Waals surface area contributed by atoms with Gasteiger partial charge in [-0.15, -0.1) is 0 Å². The van der Waals surface area contributed by atoms with Crippen LogP contribution in [0.5, 0.6) is 0 Å². The summed E-state index contributed by atoms with van der Waals surface area (Å²) in [7, 11) is 1.92. The molecule has 9 heteroatoms. The third-order valence-electron chi connectivity index (χ3n) is 4.59. The summed E-state index contributed by atoms with van der Waals surface area (Å²) in [5, 5.41) is 16.6. The second-order valence-electron chi connectivity index (χ2n) is 6.29. The van der Waals surface area contributed by atoms with Gasteiger partial charge in [0.1, 0.15) is 5.56 Å². The molecule has 1 saturated heterocycles. The van der Waals surface area contributed by atoms with Crippen molar-refractivity contribution in [1.82, 2.24) is 15.5 Å². The summed E-state index contributed by atoms with van der Waals surface area (Å²) in [6, 6.07) is 4.01. The number of benzene rings is 1. The van der Waals surface area contributed by atoms with E-state index in [1.165, 1.54) is 18.2 Å². The molecule has 1 fully saturated rings. The number of piperidine rings is 1. The Labute approximate surface area is 157 Å². The summed E-state index contributed by atoms with van der Waals surface area (Å²) in [5.41, 5.74) is -0.606. The van der Waals surface area contributed by atoms with Gasteiger partial charge in [0.05, 0.1) is 16.5 Å². The molecule has 0 saturated carbocycles. The van der Waals surface area contributed by atoms with E-state index < -0.39 is 10.8 Å². The topological polar surface area (TPSA) is 105 Å². The molecule has 0 atom stereocenters. The van der Waals surface area contributed by atoms with E-state index >= 15 is 0 Å². The van der Waals surface area contributed by atoms with E-state index in [2.05, 4.69) is 10.6 Å². The molecule has 26 heavy (non-hydrogen) atoms. The molecule has 0 radical (unpaired) electrons. The van der Waals surface area contributed by atoms with Crippen molar-refractivity contribution >= 4 is 29.1 Å². The maximum Gasteiger partial charge on any atom is 0.283 e. The summed E-state index contributed by atoms with van der Waals surface area (Å²) < 4.78 is 0. The molecule has 1 aromatic carbocycles. The lowest BCUT2D eigenvalue weighted by atomic mass is 9.93. The lowest BCUT2D eigenvalue weighted by Gasteiger charge is -2.32. The smallest absolute Gasteiger partial charge is 0.283 e. The van der Waals surface area contributed by atoms with Crippen LogP contribution in [0.3, 0.4) is 0 Å². The van der Waals surface area contributed by atoms with Crippen molar-refractivity contribution in [1.29, 1.82) is 0 Å². The number of nitrogens with one attached hydrogen (secondary N) is 2. The maximum atomic E-state index is 12.3. The molecule has 0 aromatic heterocycles. The van der Waals surface area contributed by atoms with Crippen LogP contribution in [-0.4, -0.2) is 54.9 Å². The first-order valence-corrected chi connectivity index (χ1v) is 8.95. The zero-order chi connectivity index (χ0) is 19.1. The summed E-state index contributed by atoms with van der Waals surface area (Å²) in [6.07, 6.45) is 2.97. The number of hydrogen-bond donors (Lipinski definition) is 2. The maximum absolute atomic E-state index is 12.3. The summed E-state index contributed by atoms with van der Waals surface area (Å²) in [4.78, 5) is 36.7. The molecule has 1 aromatic rings. The van der Waals surface area contributed by atoms with Gasteiger partial charge >= 0.3 is 0 Å². The molecular weight excluding hydrogens is 360 g/mol. The van der Waals surface area contributed by atoms with Gasteiger partial charge in [-0.1, -0.05) is 17.7 Å². The molecule has 0 unspecified atom stereocenters. The highest BCUT2D eigenvalue weighted by Crippen LogP contribution is 2.26. The average Bonchev–Trinajstić information content (AvgIpc) is 2.64. The highest BCUT2D eigenvalue weighted by Gasteiger charge is 2.26. The van der Waals surface area contributed by atoms with Crippen molar-refractivity contribution < 1.29 is 14.5 Å². The lowest BCUT2D eigenvalue weighted by molar-refractivity contribution is -0.385. The number of carbonyl (C=O) groups is 2. The van der Waals surface area contributed by atoms with Gasteiger partial charge in [-0.05, 0) is 44.8 Å². The molecule has 2 rings (SSSR count). The fourth-order valence-electron chi connectivity index (χ4n) is 3.07. The Hall–Kier alpha value is -2.19. The minimum atomic E-state index is -0.723. The van der Waals surface area contributed by atoms with Gasteiger partial charge in [0.25, 0.3) is 11.6 Å². The number of nitrogens with zero attached hydrogens (tertiary/aromatic N) is 2. The number of hydrogen-bond acceptors (Lipinski definition) is 5. The number of nitro benzene ring substituents is 1. The Balaban J connectivity index is 1.89. The Bertz CT molecular complexity index is 675. The first-order chi connectivity index (χ1) is 12.4. The van der Waals surface area contributed by atoms with Gasteiger partial charge < -0.3 is 15.5 Å². The second kappa shape index (κ2) is 9.49. The molecule has 1 heterocycles. The molecule has 0 aliphatic carbocycles. The van der Waals surface area contributed by atoms with E-state index in [-0.39, 0.29) is 28.7 Å². The fourth-order valence-corrected chi connectivity index (χ4v) is 3.32. The van der Waals surface area contributed by atoms with Crippen LogP contribution in [0.4, 0.5) is 5.69 Å². The number of carbonyl (C=O) groups excluding carboxylic acids is 2. The molecule has 0 spiro atoms. The molecule has 2 N–H and O–H groups in total. The van der Waals surface area contributed by atoms with E-state index in [1.807, 2.05) is 7.05 Å². The van der Waals surface area contributed by atoms with Crippen LogP contribution < -0.4 is 10.6 Å². The summed E-state index contributed by atoms with van der Waals surface area (Å²) >= 11 is 5.92. The van der Waals surface area contributed by atoms with Crippen molar-refractivity contribution in [3.05, 3.63) is 38.9 Å². The Morgan fingerprint density at radius 2 is 2.04 bits per heavy atom. The second-order valence-corrected chi connectivity index (χ2v) is 6.70. The van der Waals surface area contributed by atoms with E-state index in [0.29, 0.717) is 19.0 Å². The first kappa shape index (κ1) is 20.1. The monoisotopic (exact) mass is 382 g/mol. The van der Waals surface area contributed by atoms with Crippen molar-refractivity contribution in [3.63, 3.8) is 0 Å². The SMILES string of the molecule is CNCCC1CCN(C(=O)CNC(=O)c2c(Cl)cccc2[N+](=O)[O-])CC1. The van der Waals surface area contributed by atoms with Gasteiger partial charge in [0.2, 0.25) is 5.91 Å². The molecular formula is C17H23ClN4O4. The highest BCUT2D eigenvalue weighted by atomic mass is 35.5. The van der Waals surface area contributed by atoms with Gasteiger partial charge in [-0.3, -0.25) is 19.7 Å². The van der Waals surface area contributed by atoms with Crippen molar-refractivity contribution in [3.8, 4) is 0 Å². The number of amides is 2. The van der Waals surface area contributed by atoms with Gasteiger partial charge in [0, 0.05) is 19.2 Å². The van der Waals surface area contributed by atoms with Crippen LogP contribution in [0.1, 0.15) is 29.6 Å². The van der Waals surface area contributed by atoms with Crippen LogP contribution in [0.2, 0.25) is 5.02 Å². The van der Waals surface area contributed by atoms with Crippen LogP contribution in [0, 0.1) is 16.0 Å². The third-order valence-corrected chi connectivity index (χ3v) is 4.90. The van der Waals surface area contributed by atoms with Gasteiger partial charge in [-0.25, -0.2) is 0 Å². The number of likely N-dealkylation sites (tertiary alicyclic amines) is 1. The van der Waals surface area contributed by atoms with E-state index in [9.17, 15) is 19.7 Å². The molecule has 0 bridgehead atoms. The van der Waals surface area contributed by atoms with E-state index in [1.54, 1.807) is 4.90 Å². The minimum Gasteiger partial charge on any atom is -0.343 e. The van der Waals surface area contributed by atoms with Crippen molar-refractivity contribution in [2.45, 2.75) is 19.3 Å². The third kappa shape index (κ3) is 5.15. The van der Waals surface area contributed by atoms with Crippen LogP contribution in [-0.2, 0) is 4.79 Å². The fraction of sp³-hybridized carbons (Fsp3) is 0.529. The summed E-state index contributed by atoms with van der Waals surface area (Å²) in [5.74, 6) is -0.313. The predicted molar refractivity (Wildman–Crippen MR) is 98.3 cm³/mol. The highest BCUT2D eigenvalue weighted by molar-refractivity contribution is 6.34. The predicted octanol–water partition coefficient (Wildman–Crippen LogP) is 1.83. The van der Waals surface area contributed by atoms with Crippen LogP contribution in [0.15, 0.2) is 18.2 Å². The minimum absolute atomic E-state index is 0.0190. The quantitative estimate of drug-likeness (QED) is 0.553. The van der Waals surface area contributed by atoms with E-state index in [0.717, 1.165) is 25.8 Å². The number of rotatable bonds is 7. The zero-order valence-electron chi connectivity index (χ0n) is 14.7. The zero-order valence-corrected chi connectivity index (χ0v) is 15.4. The van der Waals surface area contributed by atoms with Crippen LogP contribution >= 0.6 is 11.6 Å². The molecule has 2 amide bonds. The number of halogens is 1. The molecule has 8 nitrogen and oxygen atoms in total. The molecule has 1 aliphatic rings. The lowest BCUT2D eigenvalue weighted by Crippen LogP contribution is -2.44. The Kier molecular flexibility index (Phi) is 7.35. The van der Waals surface area contributed by atoms with E-state index in [4.69, 9.17) is 11.6 Å². The standard InChI is InChI=1S/C17H23ClN4O4/c1-19-8-5-12-6-9-21(10-7-12)15(23)11-20-17(24)16-13(18)3-2-4-14(16)22(25)26/h2-4,12,19H,5-11H2,1H3,(H,20,24). The number of nitro groups is 1. The Morgan fingerprint density at radius 3 is 2.65 bits per heavy atom.